The number of carbonyl (C=O) groups is 1. The number of hydrogen-bond acceptors (Lipinski definition) is 10. The second-order valence-electron chi connectivity index (χ2n) is 6.66. The molecule has 3 unspecified atom stereocenters. The molecule has 0 aromatic carbocycles. The molecule has 0 radical (unpaired) electrons. The molecule has 15 nitrogen and oxygen atoms in total. The minimum Gasteiger partial charge on any atom is -0.382 e. The van der Waals surface area contributed by atoms with Crippen LogP contribution < -0.4 is 5.32 Å². The molecular weight excluding hydrogens is 492 g/mol. The van der Waals surface area contributed by atoms with Crippen molar-refractivity contribution in [1.82, 2.24) is 10.2 Å². The fraction of sp³-hybridized carbons (Fsp3) is 0.583. The van der Waals surface area contributed by atoms with E-state index in [-0.39, 0.29) is 11.4 Å². The summed E-state index contributed by atoms with van der Waals surface area (Å²) < 4.78 is 65.2. The lowest BCUT2D eigenvalue weighted by molar-refractivity contribution is -0.124. The molecule has 1 amide bonds. The monoisotopic (exact) mass is 512 g/mol. The number of nitrogens with one attached hydrogen (secondary N) is 1. The maximum Gasteiger partial charge on any atom is 0.490 e. The van der Waals surface area contributed by atoms with E-state index in [1.54, 1.807) is 0 Å². The Hall–Kier alpha value is -0.990. The highest BCUT2D eigenvalue weighted by molar-refractivity contribution is 7.66. The van der Waals surface area contributed by atoms with Crippen LogP contribution in [0.5, 0.6) is 0 Å². The minimum absolute atomic E-state index is 0.0541. The van der Waals surface area contributed by atoms with Crippen molar-refractivity contribution in [3.05, 3.63) is 24.2 Å². The topological polar surface area (TPSA) is 222 Å². The Morgan fingerprint density at radius 1 is 1.26 bits per heavy atom. The van der Waals surface area contributed by atoms with E-state index in [4.69, 9.17) is 19.4 Å². The number of rotatable bonds is 8. The number of nitrogens with zero attached hydrogens (tertiary/aromatic N) is 1. The number of halogens is 1. The smallest absolute Gasteiger partial charge is 0.382 e. The van der Waals surface area contributed by atoms with Crippen LogP contribution in [0, 0.1) is 0 Å². The van der Waals surface area contributed by atoms with Crippen molar-refractivity contribution < 1.29 is 65.4 Å². The van der Waals surface area contributed by atoms with E-state index in [1.807, 2.05) is 0 Å². The second-order valence-corrected chi connectivity index (χ2v) is 11.1. The van der Waals surface area contributed by atoms with E-state index >= 15 is 0 Å². The third kappa shape index (κ3) is 6.51. The van der Waals surface area contributed by atoms with E-state index in [2.05, 4.69) is 25.0 Å². The van der Waals surface area contributed by atoms with Gasteiger partial charge in [0.05, 0.1) is 6.61 Å². The standard InChI is InChI=1S/C12H20FN2O13P3/c1-6-4-15(7(2)14-10(6)16)11-12(3,17)9(13)8(26-11)5-25-30(21,22)28-31(23,24)27-29(18,19)20/h4,8-9,11,17H,2,5H2,1,3H3,(H,14,16)(H,21,22)(H,23,24)(H2,18,19,20)/t8-,9+,11-,12?/m1/s1. The first-order valence-electron chi connectivity index (χ1n) is 8.12. The molecule has 178 valence electrons. The molecule has 19 heteroatoms. The van der Waals surface area contributed by atoms with Gasteiger partial charge in [0.2, 0.25) is 0 Å². The predicted molar refractivity (Wildman–Crippen MR) is 96.9 cm³/mol. The third-order valence-electron chi connectivity index (χ3n) is 4.02. The normalized spacial score (nSPS) is 33.5. The second kappa shape index (κ2) is 8.75. The molecule has 0 bridgehead atoms. The number of hydrogen-bond donors (Lipinski definition) is 6. The molecule has 2 aliphatic rings. The molecule has 0 saturated carbocycles. The number of phosphoric ester groups is 1. The Balaban J connectivity index is 2.10. The summed E-state index contributed by atoms with van der Waals surface area (Å²) in [6.07, 6.45) is -4.19. The largest absolute Gasteiger partial charge is 0.490 e. The molecule has 31 heavy (non-hydrogen) atoms. The quantitative estimate of drug-likeness (QED) is 0.235. The maximum absolute atomic E-state index is 14.7. The SMILES string of the molecule is C=C1NC(=O)C(C)=CN1[C@@H]1O[C@H](COP(=O)(O)OP(=O)(O)OP(=O)(O)O)[C@H](F)C1(C)O. The van der Waals surface area contributed by atoms with Gasteiger partial charge in [-0.1, -0.05) is 6.58 Å². The number of ether oxygens (including phenoxy) is 1. The number of aliphatic hydroxyl groups is 1. The van der Waals surface area contributed by atoms with Crippen LogP contribution in [-0.2, 0) is 36.4 Å². The Morgan fingerprint density at radius 3 is 2.39 bits per heavy atom. The van der Waals surface area contributed by atoms with Gasteiger partial charge in [-0.2, -0.15) is 8.62 Å². The first-order valence-corrected chi connectivity index (χ1v) is 12.6. The zero-order valence-electron chi connectivity index (χ0n) is 15.9. The molecule has 1 fully saturated rings. The minimum atomic E-state index is -5.75. The predicted octanol–water partition coefficient (Wildman–Crippen LogP) is -0.0495. The van der Waals surface area contributed by atoms with Crippen LogP contribution in [0.25, 0.3) is 0 Å². The van der Waals surface area contributed by atoms with Crippen LogP contribution in [0.15, 0.2) is 24.2 Å². The van der Waals surface area contributed by atoms with Crippen LogP contribution in [0.2, 0.25) is 0 Å². The van der Waals surface area contributed by atoms with Gasteiger partial charge in [-0.25, -0.2) is 18.1 Å². The summed E-state index contributed by atoms with van der Waals surface area (Å²) in [5.74, 6) is -0.540. The summed E-state index contributed by atoms with van der Waals surface area (Å²) >= 11 is 0. The van der Waals surface area contributed by atoms with Gasteiger partial charge in [-0.3, -0.25) is 9.32 Å². The van der Waals surface area contributed by atoms with Gasteiger partial charge < -0.3 is 39.6 Å². The molecule has 0 aliphatic carbocycles. The zero-order chi connectivity index (χ0) is 24.0. The highest BCUT2D eigenvalue weighted by Gasteiger charge is 2.57. The van der Waals surface area contributed by atoms with Crippen molar-refractivity contribution in [3.63, 3.8) is 0 Å². The summed E-state index contributed by atoms with van der Waals surface area (Å²) in [6.45, 7) is 4.93. The van der Waals surface area contributed by atoms with Gasteiger partial charge in [-0.05, 0) is 13.8 Å². The van der Waals surface area contributed by atoms with E-state index < -0.39 is 60.1 Å². The lowest BCUT2D eigenvalue weighted by Crippen LogP contribution is -2.53. The van der Waals surface area contributed by atoms with Crippen molar-refractivity contribution in [2.24, 2.45) is 0 Å². The molecule has 2 aliphatic heterocycles. The Bertz CT molecular complexity index is 933. The van der Waals surface area contributed by atoms with Crippen LogP contribution in [-0.4, -0.2) is 66.2 Å². The van der Waals surface area contributed by atoms with E-state index in [0.717, 1.165) is 11.8 Å². The number of amides is 1. The molecular formula is C12H20FN2O13P3. The number of alkyl halides is 1. The van der Waals surface area contributed by atoms with Crippen molar-refractivity contribution in [2.75, 3.05) is 6.61 Å². The molecule has 0 aromatic heterocycles. The fourth-order valence-electron chi connectivity index (χ4n) is 2.68. The van der Waals surface area contributed by atoms with Crippen molar-refractivity contribution >= 4 is 29.4 Å². The lowest BCUT2D eigenvalue weighted by atomic mass is 9.97. The Kier molecular flexibility index (Phi) is 7.41. The molecule has 6 atom stereocenters. The van der Waals surface area contributed by atoms with E-state index in [0.29, 0.717) is 0 Å². The summed E-state index contributed by atoms with van der Waals surface area (Å²) in [6, 6.07) is 0. The molecule has 6 N–H and O–H groups in total. The Labute approximate surface area is 174 Å². The summed E-state index contributed by atoms with van der Waals surface area (Å²) in [7, 11) is -16.8. The van der Waals surface area contributed by atoms with Crippen LogP contribution >= 0.6 is 23.5 Å². The summed E-state index contributed by atoms with van der Waals surface area (Å²) in [5.41, 5.74) is -2.06. The third-order valence-corrected chi connectivity index (χ3v) is 7.82. The molecule has 0 aromatic rings. The lowest BCUT2D eigenvalue weighted by Gasteiger charge is -2.37. The number of phosphoric acid groups is 3. The fourth-order valence-corrected chi connectivity index (χ4v) is 5.71. The average Bonchev–Trinajstić information content (AvgIpc) is 2.76. The van der Waals surface area contributed by atoms with Crippen molar-refractivity contribution in [2.45, 2.75) is 38.0 Å². The van der Waals surface area contributed by atoms with Crippen molar-refractivity contribution in [1.29, 1.82) is 0 Å². The van der Waals surface area contributed by atoms with Gasteiger partial charge in [0.25, 0.3) is 5.91 Å². The maximum atomic E-state index is 14.7. The van der Waals surface area contributed by atoms with Gasteiger partial charge >= 0.3 is 23.5 Å². The van der Waals surface area contributed by atoms with Gasteiger partial charge in [-0.15, -0.1) is 0 Å². The highest BCUT2D eigenvalue weighted by Crippen LogP contribution is 2.66. The molecule has 1 saturated heterocycles. The van der Waals surface area contributed by atoms with Crippen molar-refractivity contribution in [3.8, 4) is 0 Å². The van der Waals surface area contributed by atoms with Crippen LogP contribution in [0.4, 0.5) is 4.39 Å². The molecule has 2 rings (SSSR count). The van der Waals surface area contributed by atoms with Gasteiger partial charge in [0.1, 0.15) is 17.5 Å². The van der Waals surface area contributed by atoms with Gasteiger partial charge in [0, 0.05) is 11.8 Å². The Morgan fingerprint density at radius 2 is 1.84 bits per heavy atom. The van der Waals surface area contributed by atoms with Gasteiger partial charge in [0.15, 0.2) is 12.4 Å². The van der Waals surface area contributed by atoms with Crippen LogP contribution in [0.3, 0.4) is 0 Å². The first-order chi connectivity index (χ1) is 13.8. The van der Waals surface area contributed by atoms with E-state index in [9.17, 15) is 32.9 Å². The summed E-state index contributed by atoms with van der Waals surface area (Å²) in [4.78, 5) is 48.3. The summed E-state index contributed by atoms with van der Waals surface area (Å²) in [5, 5.41) is 12.9. The highest BCUT2D eigenvalue weighted by atomic mass is 31.3. The molecule has 0 spiro atoms. The van der Waals surface area contributed by atoms with Crippen LogP contribution in [0.1, 0.15) is 13.8 Å². The zero-order valence-corrected chi connectivity index (χ0v) is 18.6. The van der Waals surface area contributed by atoms with E-state index in [1.165, 1.54) is 13.1 Å². The molecule has 2 heterocycles. The first kappa shape index (κ1) is 26.3. The average molecular weight is 512 g/mol. The number of carbonyl (C=O) groups excluding carboxylic acids is 1.